The summed E-state index contributed by atoms with van der Waals surface area (Å²) in [6, 6.07) is 7.54. The number of benzene rings is 1. The first-order valence-electron chi connectivity index (χ1n) is 9.22. The number of carbonyl (C=O) groups excluding carboxylic acids is 2. The Morgan fingerprint density at radius 2 is 1.70 bits per heavy atom. The van der Waals surface area contributed by atoms with Crippen molar-refractivity contribution in [3.63, 3.8) is 0 Å². The zero-order valence-electron chi connectivity index (χ0n) is 15.8. The summed E-state index contributed by atoms with van der Waals surface area (Å²) in [6.45, 7) is 6.20. The van der Waals surface area contributed by atoms with Crippen molar-refractivity contribution in [3.05, 3.63) is 29.8 Å². The Labute approximate surface area is 173 Å². The van der Waals surface area contributed by atoms with Crippen molar-refractivity contribution < 1.29 is 9.59 Å². The van der Waals surface area contributed by atoms with Crippen LogP contribution in [0.15, 0.2) is 24.3 Å². The number of halogens is 2. The van der Waals surface area contributed by atoms with Crippen LogP contribution in [0, 0.1) is 0 Å². The fourth-order valence-electron chi connectivity index (χ4n) is 3.72. The molecule has 0 spiro atoms. The highest BCUT2D eigenvalue weighted by Crippen LogP contribution is 2.18. The molecule has 0 aliphatic carbocycles. The van der Waals surface area contributed by atoms with E-state index >= 15 is 0 Å². The van der Waals surface area contributed by atoms with Crippen LogP contribution < -0.4 is 5.73 Å². The van der Waals surface area contributed by atoms with Crippen molar-refractivity contribution in [1.82, 2.24) is 14.7 Å². The number of anilines is 1. The first-order valence-corrected chi connectivity index (χ1v) is 9.22. The Kier molecular flexibility index (Phi) is 9.36. The zero-order chi connectivity index (χ0) is 17.8. The molecule has 8 heteroatoms. The predicted octanol–water partition coefficient (Wildman–Crippen LogP) is 2.27. The summed E-state index contributed by atoms with van der Waals surface area (Å²) >= 11 is 0. The number of nitrogens with two attached hydrogens (primary N) is 1. The molecule has 6 nitrogen and oxygen atoms in total. The van der Waals surface area contributed by atoms with Gasteiger partial charge >= 0.3 is 0 Å². The molecule has 2 N–H and O–H groups in total. The molecule has 1 aromatic carbocycles. The second kappa shape index (κ2) is 10.7. The average Bonchev–Trinajstić information content (AvgIpc) is 2.62. The number of nitrogens with zero attached hydrogens (tertiary/aromatic N) is 3. The summed E-state index contributed by atoms with van der Waals surface area (Å²) in [7, 11) is 0. The van der Waals surface area contributed by atoms with Crippen LogP contribution >= 0.6 is 24.8 Å². The van der Waals surface area contributed by atoms with Gasteiger partial charge in [-0.2, -0.15) is 0 Å². The van der Waals surface area contributed by atoms with Gasteiger partial charge in [-0.3, -0.25) is 14.5 Å². The minimum absolute atomic E-state index is 0. The molecule has 0 radical (unpaired) electrons. The lowest BCUT2D eigenvalue weighted by atomic mass is 10.0. The third kappa shape index (κ3) is 5.74. The van der Waals surface area contributed by atoms with Gasteiger partial charge in [0.25, 0.3) is 5.91 Å². The normalized spacial score (nSPS) is 20.4. The number of piperazine rings is 1. The number of para-hydroxylation sites is 1. The Morgan fingerprint density at radius 3 is 2.33 bits per heavy atom. The Morgan fingerprint density at radius 1 is 1.04 bits per heavy atom. The number of piperidine rings is 1. The number of hydrogen-bond donors (Lipinski definition) is 1. The van der Waals surface area contributed by atoms with E-state index in [9.17, 15) is 9.59 Å². The minimum Gasteiger partial charge on any atom is -0.398 e. The maximum atomic E-state index is 12.6. The predicted molar refractivity (Wildman–Crippen MR) is 113 cm³/mol. The molecule has 0 aromatic heterocycles. The lowest BCUT2D eigenvalue weighted by Crippen LogP contribution is -2.53. The molecule has 2 fully saturated rings. The number of amides is 2. The number of rotatable bonds is 3. The molecule has 0 saturated carbocycles. The highest BCUT2D eigenvalue weighted by Gasteiger charge is 2.28. The largest absolute Gasteiger partial charge is 0.398 e. The molecule has 0 bridgehead atoms. The van der Waals surface area contributed by atoms with Gasteiger partial charge in [0.1, 0.15) is 0 Å². The SMILES string of the molecule is CC1CCCCN1C(=O)CN1CCN(C(=O)c2ccccc2N)CC1.Cl.Cl. The number of likely N-dealkylation sites (tertiary alicyclic amines) is 1. The molecule has 2 heterocycles. The lowest BCUT2D eigenvalue weighted by Gasteiger charge is -2.38. The molecule has 1 atom stereocenters. The zero-order valence-corrected chi connectivity index (χ0v) is 17.4. The minimum atomic E-state index is -0.0197. The van der Waals surface area contributed by atoms with Crippen molar-refractivity contribution in [2.24, 2.45) is 0 Å². The van der Waals surface area contributed by atoms with Crippen LogP contribution in [0.2, 0.25) is 0 Å². The molecule has 2 amide bonds. The number of hydrogen-bond acceptors (Lipinski definition) is 4. The van der Waals surface area contributed by atoms with E-state index in [1.165, 1.54) is 6.42 Å². The van der Waals surface area contributed by atoms with Crippen LogP contribution in [0.1, 0.15) is 36.5 Å². The lowest BCUT2D eigenvalue weighted by molar-refractivity contribution is -0.136. The van der Waals surface area contributed by atoms with Gasteiger partial charge in [0.2, 0.25) is 5.91 Å². The van der Waals surface area contributed by atoms with Crippen LogP contribution in [0.25, 0.3) is 0 Å². The Hall–Kier alpha value is -1.50. The molecule has 27 heavy (non-hydrogen) atoms. The van der Waals surface area contributed by atoms with Gasteiger partial charge in [-0.15, -0.1) is 24.8 Å². The van der Waals surface area contributed by atoms with E-state index in [2.05, 4.69) is 11.8 Å². The molecule has 1 aromatic rings. The van der Waals surface area contributed by atoms with Gasteiger partial charge < -0.3 is 15.5 Å². The van der Waals surface area contributed by atoms with E-state index in [1.54, 1.807) is 12.1 Å². The van der Waals surface area contributed by atoms with Crippen molar-refractivity contribution in [3.8, 4) is 0 Å². The molecule has 152 valence electrons. The summed E-state index contributed by atoms with van der Waals surface area (Å²) in [5.74, 6) is 0.202. The van der Waals surface area contributed by atoms with Gasteiger partial charge in [-0.1, -0.05) is 12.1 Å². The molecule has 2 aliphatic rings. The Balaban J connectivity index is 0.00000182. The van der Waals surface area contributed by atoms with Crippen molar-refractivity contribution in [2.75, 3.05) is 45.0 Å². The van der Waals surface area contributed by atoms with Crippen LogP contribution in [-0.4, -0.2) is 71.8 Å². The highest BCUT2D eigenvalue weighted by atomic mass is 35.5. The monoisotopic (exact) mass is 416 g/mol. The smallest absolute Gasteiger partial charge is 0.256 e. The van der Waals surface area contributed by atoms with Crippen molar-refractivity contribution >= 4 is 42.3 Å². The molecular weight excluding hydrogens is 387 g/mol. The van der Waals surface area contributed by atoms with Gasteiger partial charge in [0.05, 0.1) is 12.1 Å². The summed E-state index contributed by atoms with van der Waals surface area (Å²) in [6.07, 6.45) is 3.43. The van der Waals surface area contributed by atoms with Crippen molar-refractivity contribution in [2.45, 2.75) is 32.2 Å². The molecule has 2 saturated heterocycles. The van der Waals surface area contributed by atoms with E-state index < -0.39 is 0 Å². The van der Waals surface area contributed by atoms with Gasteiger partial charge in [0.15, 0.2) is 0 Å². The molecular formula is C19H30Cl2N4O2. The van der Waals surface area contributed by atoms with E-state index in [0.717, 1.165) is 32.5 Å². The quantitative estimate of drug-likeness (QED) is 0.767. The molecule has 1 unspecified atom stereocenters. The van der Waals surface area contributed by atoms with Crippen LogP contribution in [-0.2, 0) is 4.79 Å². The standard InChI is InChI=1S/C19H28N4O2.2ClH/c1-15-6-4-5-9-23(15)18(24)14-21-10-12-22(13-11-21)19(25)16-7-2-3-8-17(16)20;;/h2-3,7-8,15H,4-6,9-14,20H2,1H3;2*1H. The number of nitrogen functional groups attached to an aromatic ring is 1. The molecule has 2 aliphatic heterocycles. The van der Waals surface area contributed by atoms with Crippen LogP contribution in [0.4, 0.5) is 5.69 Å². The third-order valence-electron chi connectivity index (χ3n) is 5.33. The number of carbonyl (C=O) groups is 2. The maximum absolute atomic E-state index is 12.6. The van der Waals surface area contributed by atoms with Crippen molar-refractivity contribution in [1.29, 1.82) is 0 Å². The third-order valence-corrected chi connectivity index (χ3v) is 5.33. The fourth-order valence-corrected chi connectivity index (χ4v) is 3.72. The van der Waals surface area contributed by atoms with E-state index in [0.29, 0.717) is 36.9 Å². The van der Waals surface area contributed by atoms with E-state index in [-0.39, 0.29) is 36.6 Å². The molecule has 3 rings (SSSR count). The summed E-state index contributed by atoms with van der Waals surface area (Å²) in [4.78, 5) is 31.1. The highest BCUT2D eigenvalue weighted by molar-refractivity contribution is 5.99. The van der Waals surface area contributed by atoms with E-state index in [1.807, 2.05) is 21.9 Å². The second-order valence-electron chi connectivity index (χ2n) is 7.09. The van der Waals surface area contributed by atoms with Gasteiger partial charge in [0, 0.05) is 44.5 Å². The van der Waals surface area contributed by atoms with Gasteiger partial charge in [-0.25, -0.2) is 0 Å². The summed E-state index contributed by atoms with van der Waals surface area (Å²) < 4.78 is 0. The Bertz CT molecular complexity index is 636. The fraction of sp³-hybridized carbons (Fsp3) is 0.579. The van der Waals surface area contributed by atoms with E-state index in [4.69, 9.17) is 5.73 Å². The van der Waals surface area contributed by atoms with Crippen LogP contribution in [0.3, 0.4) is 0 Å². The first-order chi connectivity index (χ1) is 12.1. The van der Waals surface area contributed by atoms with Crippen LogP contribution in [0.5, 0.6) is 0 Å². The average molecular weight is 417 g/mol. The topological polar surface area (TPSA) is 69.9 Å². The maximum Gasteiger partial charge on any atom is 0.256 e. The summed E-state index contributed by atoms with van der Waals surface area (Å²) in [5, 5.41) is 0. The first kappa shape index (κ1) is 23.5. The summed E-state index contributed by atoms with van der Waals surface area (Å²) in [5.41, 5.74) is 6.99. The van der Waals surface area contributed by atoms with Gasteiger partial charge in [-0.05, 0) is 38.3 Å². The second-order valence-corrected chi connectivity index (χ2v) is 7.09.